The number of hydrogen-bond donors (Lipinski definition) is 1. The van der Waals surface area contributed by atoms with Crippen molar-refractivity contribution in [3.05, 3.63) is 19.3 Å². The van der Waals surface area contributed by atoms with Crippen LogP contribution < -0.4 is 10.5 Å². The molecule has 0 radical (unpaired) electrons. The molecule has 0 fully saturated rings. The van der Waals surface area contributed by atoms with Crippen LogP contribution in [0.1, 0.15) is 0 Å². The zero-order chi connectivity index (χ0) is 8.43. The van der Waals surface area contributed by atoms with E-state index in [1.165, 1.54) is 0 Å². The summed E-state index contributed by atoms with van der Waals surface area (Å²) in [5.74, 6) is 0.775. The molecular formula is C7H7I2NO. The molecule has 11 heavy (non-hydrogen) atoms. The van der Waals surface area contributed by atoms with Crippen LogP contribution in [-0.4, -0.2) is 7.11 Å². The third kappa shape index (κ3) is 1.90. The highest BCUT2D eigenvalue weighted by Gasteiger charge is 2.06. The molecule has 0 aliphatic heterocycles. The van der Waals surface area contributed by atoms with Crippen LogP contribution in [0.3, 0.4) is 0 Å². The van der Waals surface area contributed by atoms with Crippen molar-refractivity contribution in [2.75, 3.05) is 12.8 Å². The lowest BCUT2D eigenvalue weighted by molar-refractivity contribution is 0.413. The number of rotatable bonds is 1. The SMILES string of the molecule is COc1c(N)ccc(I)c1I. The average Bonchev–Trinajstić information content (AvgIpc) is 1.99. The van der Waals surface area contributed by atoms with Crippen molar-refractivity contribution in [3.8, 4) is 5.75 Å². The maximum Gasteiger partial charge on any atom is 0.156 e. The van der Waals surface area contributed by atoms with Crippen molar-refractivity contribution in [2.24, 2.45) is 0 Å². The molecule has 60 valence electrons. The molecule has 0 amide bonds. The van der Waals surface area contributed by atoms with E-state index in [2.05, 4.69) is 45.2 Å². The molecule has 2 N–H and O–H groups in total. The van der Waals surface area contributed by atoms with Crippen LogP contribution in [0.2, 0.25) is 0 Å². The number of methoxy groups -OCH3 is 1. The highest BCUT2D eigenvalue weighted by molar-refractivity contribution is 14.1. The molecule has 0 atom stereocenters. The highest BCUT2D eigenvalue weighted by atomic mass is 127. The van der Waals surface area contributed by atoms with Crippen LogP contribution in [-0.2, 0) is 0 Å². The van der Waals surface area contributed by atoms with Gasteiger partial charge in [-0.15, -0.1) is 0 Å². The number of nitrogen functional groups attached to an aromatic ring is 1. The van der Waals surface area contributed by atoms with E-state index in [1.54, 1.807) is 7.11 Å². The second-order valence-electron chi connectivity index (χ2n) is 1.98. The van der Waals surface area contributed by atoms with E-state index in [9.17, 15) is 0 Å². The maximum absolute atomic E-state index is 5.67. The Labute approximate surface area is 92.8 Å². The van der Waals surface area contributed by atoms with Crippen molar-refractivity contribution in [1.82, 2.24) is 0 Å². The van der Waals surface area contributed by atoms with Crippen LogP contribution in [0.15, 0.2) is 12.1 Å². The number of anilines is 1. The second-order valence-corrected chi connectivity index (χ2v) is 4.22. The smallest absolute Gasteiger partial charge is 0.156 e. The normalized spacial score (nSPS) is 9.73. The third-order valence-corrected chi connectivity index (χ3v) is 4.29. The molecule has 1 aromatic carbocycles. The monoisotopic (exact) mass is 375 g/mol. The Morgan fingerprint density at radius 3 is 2.45 bits per heavy atom. The summed E-state index contributed by atoms with van der Waals surface area (Å²) in [4.78, 5) is 0. The zero-order valence-corrected chi connectivity index (χ0v) is 10.2. The van der Waals surface area contributed by atoms with Gasteiger partial charge in [-0.2, -0.15) is 0 Å². The molecule has 0 aliphatic rings. The predicted molar refractivity (Wildman–Crippen MR) is 62.8 cm³/mol. The summed E-state index contributed by atoms with van der Waals surface area (Å²) < 4.78 is 7.36. The Morgan fingerprint density at radius 1 is 1.36 bits per heavy atom. The Morgan fingerprint density at radius 2 is 2.00 bits per heavy atom. The van der Waals surface area contributed by atoms with Gasteiger partial charge in [0, 0.05) is 3.57 Å². The topological polar surface area (TPSA) is 35.2 Å². The number of halogens is 2. The Bertz CT molecular complexity index is 275. The summed E-state index contributed by atoms with van der Waals surface area (Å²) >= 11 is 4.46. The lowest BCUT2D eigenvalue weighted by atomic mass is 10.3. The van der Waals surface area contributed by atoms with Gasteiger partial charge in [0.25, 0.3) is 0 Å². The van der Waals surface area contributed by atoms with E-state index in [-0.39, 0.29) is 0 Å². The Kier molecular flexibility index (Phi) is 3.23. The van der Waals surface area contributed by atoms with Gasteiger partial charge in [-0.25, -0.2) is 0 Å². The molecule has 0 aromatic heterocycles. The fourth-order valence-corrected chi connectivity index (χ4v) is 1.89. The number of hydrogen-bond acceptors (Lipinski definition) is 2. The molecule has 1 aromatic rings. The quantitative estimate of drug-likeness (QED) is 0.605. The number of benzene rings is 1. The lowest BCUT2D eigenvalue weighted by Gasteiger charge is -2.07. The van der Waals surface area contributed by atoms with Gasteiger partial charge >= 0.3 is 0 Å². The van der Waals surface area contributed by atoms with E-state index in [4.69, 9.17) is 10.5 Å². The summed E-state index contributed by atoms with van der Waals surface area (Å²) in [6.45, 7) is 0. The number of ether oxygens (including phenoxy) is 1. The fourth-order valence-electron chi connectivity index (χ4n) is 0.754. The van der Waals surface area contributed by atoms with Crippen molar-refractivity contribution in [2.45, 2.75) is 0 Å². The largest absolute Gasteiger partial charge is 0.493 e. The van der Waals surface area contributed by atoms with Crippen LogP contribution in [0.25, 0.3) is 0 Å². The molecule has 2 nitrogen and oxygen atoms in total. The minimum Gasteiger partial charge on any atom is -0.493 e. The summed E-state index contributed by atoms with van der Waals surface area (Å²) in [7, 11) is 1.63. The molecular weight excluding hydrogens is 368 g/mol. The van der Waals surface area contributed by atoms with E-state index in [0.29, 0.717) is 5.69 Å². The summed E-state index contributed by atoms with van der Waals surface area (Å²) in [6.07, 6.45) is 0. The van der Waals surface area contributed by atoms with E-state index >= 15 is 0 Å². The van der Waals surface area contributed by atoms with Gasteiger partial charge in [-0.1, -0.05) is 0 Å². The molecule has 1 rings (SSSR count). The standard InChI is InChI=1S/C7H7I2NO/c1-11-7-5(10)3-2-4(8)6(7)9/h2-3H,10H2,1H3. The minimum atomic E-state index is 0.692. The number of nitrogens with two attached hydrogens (primary N) is 1. The minimum absolute atomic E-state index is 0.692. The highest BCUT2D eigenvalue weighted by Crippen LogP contribution is 2.30. The van der Waals surface area contributed by atoms with E-state index in [1.807, 2.05) is 12.1 Å². The second kappa shape index (κ2) is 3.79. The van der Waals surface area contributed by atoms with Gasteiger partial charge in [0.2, 0.25) is 0 Å². The van der Waals surface area contributed by atoms with Gasteiger partial charge in [0.15, 0.2) is 5.75 Å². The molecule has 0 saturated heterocycles. The van der Waals surface area contributed by atoms with Crippen LogP contribution >= 0.6 is 45.2 Å². The van der Waals surface area contributed by atoms with E-state index in [0.717, 1.165) is 12.9 Å². The van der Waals surface area contributed by atoms with Crippen LogP contribution in [0.4, 0.5) is 5.69 Å². The first-order valence-corrected chi connectivity index (χ1v) is 5.10. The average molecular weight is 375 g/mol. The van der Waals surface area contributed by atoms with Gasteiger partial charge in [-0.3, -0.25) is 0 Å². The maximum atomic E-state index is 5.67. The van der Waals surface area contributed by atoms with Crippen molar-refractivity contribution >= 4 is 50.9 Å². The van der Waals surface area contributed by atoms with Crippen molar-refractivity contribution in [3.63, 3.8) is 0 Å². The zero-order valence-electron chi connectivity index (χ0n) is 5.90. The predicted octanol–water partition coefficient (Wildman–Crippen LogP) is 2.49. The van der Waals surface area contributed by atoms with Gasteiger partial charge in [0.1, 0.15) is 0 Å². The first-order valence-electron chi connectivity index (χ1n) is 2.94. The van der Waals surface area contributed by atoms with Gasteiger partial charge in [0.05, 0.1) is 16.4 Å². The van der Waals surface area contributed by atoms with Crippen molar-refractivity contribution < 1.29 is 4.74 Å². The Hall–Kier alpha value is 0.280. The van der Waals surface area contributed by atoms with Crippen LogP contribution in [0, 0.1) is 7.14 Å². The molecule has 0 saturated carbocycles. The van der Waals surface area contributed by atoms with Gasteiger partial charge in [-0.05, 0) is 57.3 Å². The Balaban J connectivity index is 3.29. The first kappa shape index (κ1) is 9.37. The molecule has 0 unspecified atom stereocenters. The molecule has 0 heterocycles. The molecule has 0 bridgehead atoms. The first-order chi connectivity index (χ1) is 5.16. The molecule has 0 aliphatic carbocycles. The summed E-state index contributed by atoms with van der Waals surface area (Å²) in [5, 5.41) is 0. The fraction of sp³-hybridized carbons (Fsp3) is 0.143. The van der Waals surface area contributed by atoms with Crippen LogP contribution in [0.5, 0.6) is 5.75 Å². The molecule has 0 spiro atoms. The van der Waals surface area contributed by atoms with Gasteiger partial charge < -0.3 is 10.5 Å². The lowest BCUT2D eigenvalue weighted by Crippen LogP contribution is -1.95. The third-order valence-electron chi connectivity index (χ3n) is 1.28. The summed E-state index contributed by atoms with van der Waals surface area (Å²) in [6, 6.07) is 3.82. The van der Waals surface area contributed by atoms with E-state index < -0.39 is 0 Å². The molecule has 4 heteroatoms. The summed E-state index contributed by atoms with van der Waals surface area (Å²) in [5.41, 5.74) is 6.36. The van der Waals surface area contributed by atoms with Crippen molar-refractivity contribution in [1.29, 1.82) is 0 Å².